The molecule has 2 aromatic rings. The van der Waals surface area contributed by atoms with Crippen LogP contribution in [0.5, 0.6) is 0 Å². The fourth-order valence-electron chi connectivity index (χ4n) is 2.91. The summed E-state index contributed by atoms with van der Waals surface area (Å²) in [6, 6.07) is 11.9. The lowest BCUT2D eigenvalue weighted by Gasteiger charge is -2.13. The molecule has 0 saturated carbocycles. The van der Waals surface area contributed by atoms with Gasteiger partial charge in [-0.1, -0.05) is 42.5 Å². The van der Waals surface area contributed by atoms with Crippen LogP contribution in [0.15, 0.2) is 42.5 Å². The summed E-state index contributed by atoms with van der Waals surface area (Å²) < 4.78 is 33.2. The number of aliphatic carboxylic acids is 1. The van der Waals surface area contributed by atoms with Gasteiger partial charge >= 0.3 is 5.97 Å². The fourth-order valence-corrected chi connectivity index (χ4v) is 4.01. The van der Waals surface area contributed by atoms with Gasteiger partial charge in [0.25, 0.3) is 10.1 Å². The molecular weight excluding hydrogens is 292 g/mol. The maximum absolute atomic E-state index is 11.8. The molecule has 0 aliphatic heterocycles. The molecule has 0 heterocycles. The van der Waals surface area contributed by atoms with E-state index in [1.54, 1.807) is 42.5 Å². The van der Waals surface area contributed by atoms with Crippen LogP contribution in [0.3, 0.4) is 0 Å². The molecule has 0 saturated heterocycles. The lowest BCUT2D eigenvalue weighted by Crippen LogP contribution is -2.14. The normalized spacial score (nSPS) is 16.3. The molecule has 0 radical (unpaired) electrons. The van der Waals surface area contributed by atoms with Crippen LogP contribution in [0.25, 0.3) is 11.1 Å². The standard InChI is InChI=1S/C15H12O5S/c16-13(17)8-9-4-3-7-11-10-5-1-2-6-12(10)15(14(9)11)21(18,19)20/h1-7,15H,8H2,(H,16,17)(H,18,19,20). The van der Waals surface area contributed by atoms with Crippen molar-refractivity contribution in [3.05, 3.63) is 59.2 Å². The number of carbonyl (C=O) groups is 1. The second-order valence-corrected chi connectivity index (χ2v) is 6.43. The first-order valence-electron chi connectivity index (χ1n) is 6.29. The zero-order chi connectivity index (χ0) is 15.2. The van der Waals surface area contributed by atoms with E-state index in [0.717, 1.165) is 0 Å². The summed E-state index contributed by atoms with van der Waals surface area (Å²) in [5.41, 5.74) is 2.62. The Bertz CT molecular complexity index is 839. The van der Waals surface area contributed by atoms with Crippen molar-refractivity contribution in [3.63, 3.8) is 0 Å². The van der Waals surface area contributed by atoms with Gasteiger partial charge in [-0.3, -0.25) is 9.35 Å². The topological polar surface area (TPSA) is 91.7 Å². The summed E-state index contributed by atoms with van der Waals surface area (Å²) in [4.78, 5) is 11.0. The zero-order valence-corrected chi connectivity index (χ0v) is 11.7. The number of carboxylic acids is 1. The number of rotatable bonds is 3. The Morgan fingerprint density at radius 2 is 1.71 bits per heavy atom. The summed E-state index contributed by atoms with van der Waals surface area (Å²) in [6.07, 6.45) is -0.289. The predicted molar refractivity (Wildman–Crippen MR) is 76.6 cm³/mol. The molecule has 0 bridgehead atoms. The molecule has 2 N–H and O–H groups in total. The Labute approximate surface area is 121 Å². The van der Waals surface area contributed by atoms with Crippen molar-refractivity contribution in [2.45, 2.75) is 11.7 Å². The smallest absolute Gasteiger partial charge is 0.307 e. The molecule has 2 aromatic carbocycles. The van der Waals surface area contributed by atoms with Gasteiger partial charge in [0.05, 0.1) is 6.42 Å². The second-order valence-electron chi connectivity index (χ2n) is 4.93. The van der Waals surface area contributed by atoms with Crippen LogP contribution in [0, 0.1) is 0 Å². The minimum absolute atomic E-state index is 0.289. The van der Waals surface area contributed by atoms with Crippen LogP contribution >= 0.6 is 0 Å². The average Bonchev–Trinajstić information content (AvgIpc) is 2.74. The first-order chi connectivity index (χ1) is 9.89. The van der Waals surface area contributed by atoms with Crippen molar-refractivity contribution in [3.8, 4) is 11.1 Å². The fraction of sp³-hybridized carbons (Fsp3) is 0.133. The summed E-state index contributed by atoms with van der Waals surface area (Å²) >= 11 is 0. The molecular formula is C15H12O5S. The molecule has 5 nitrogen and oxygen atoms in total. The van der Waals surface area contributed by atoms with Gasteiger partial charge in [-0.25, -0.2) is 0 Å². The van der Waals surface area contributed by atoms with E-state index in [-0.39, 0.29) is 6.42 Å². The largest absolute Gasteiger partial charge is 0.481 e. The molecule has 108 valence electrons. The van der Waals surface area contributed by atoms with Crippen molar-refractivity contribution in [2.24, 2.45) is 0 Å². The third-order valence-electron chi connectivity index (χ3n) is 3.63. The van der Waals surface area contributed by atoms with Crippen molar-refractivity contribution in [2.75, 3.05) is 0 Å². The zero-order valence-electron chi connectivity index (χ0n) is 10.9. The van der Waals surface area contributed by atoms with Gasteiger partial charge in [-0.05, 0) is 27.8 Å². The lowest BCUT2D eigenvalue weighted by atomic mass is 9.99. The molecule has 1 atom stereocenters. The van der Waals surface area contributed by atoms with E-state index >= 15 is 0 Å². The minimum atomic E-state index is -4.38. The molecule has 3 rings (SSSR count). The molecule has 1 aliphatic carbocycles. The third-order valence-corrected chi connectivity index (χ3v) is 4.72. The van der Waals surface area contributed by atoms with Crippen molar-refractivity contribution >= 4 is 16.1 Å². The Hall–Kier alpha value is -2.18. The molecule has 1 unspecified atom stereocenters. The Morgan fingerprint density at radius 3 is 2.38 bits per heavy atom. The van der Waals surface area contributed by atoms with Crippen molar-refractivity contribution < 1.29 is 22.9 Å². The van der Waals surface area contributed by atoms with E-state index < -0.39 is 21.3 Å². The van der Waals surface area contributed by atoms with Gasteiger partial charge < -0.3 is 5.11 Å². The highest BCUT2D eigenvalue weighted by Gasteiger charge is 2.38. The van der Waals surface area contributed by atoms with Crippen molar-refractivity contribution in [1.82, 2.24) is 0 Å². The number of hydrogen-bond acceptors (Lipinski definition) is 3. The molecule has 1 aliphatic rings. The van der Waals surface area contributed by atoms with Crippen LogP contribution in [0.1, 0.15) is 21.9 Å². The van der Waals surface area contributed by atoms with Crippen LogP contribution < -0.4 is 0 Å². The van der Waals surface area contributed by atoms with Crippen LogP contribution in [-0.4, -0.2) is 24.0 Å². The van der Waals surface area contributed by atoms with Gasteiger partial charge in [0.1, 0.15) is 5.25 Å². The van der Waals surface area contributed by atoms with Gasteiger partial charge in [0, 0.05) is 0 Å². The summed E-state index contributed by atoms with van der Waals surface area (Å²) in [5.74, 6) is -1.05. The predicted octanol–water partition coefficient (Wildman–Crippen LogP) is 2.27. The average molecular weight is 304 g/mol. The maximum Gasteiger partial charge on any atom is 0.307 e. The number of hydrogen-bond donors (Lipinski definition) is 2. The van der Waals surface area contributed by atoms with E-state index in [0.29, 0.717) is 27.8 Å². The summed E-state index contributed by atoms with van der Waals surface area (Å²) in [5, 5.41) is 7.77. The highest BCUT2D eigenvalue weighted by molar-refractivity contribution is 7.86. The summed E-state index contributed by atoms with van der Waals surface area (Å²) in [7, 11) is -4.38. The van der Waals surface area contributed by atoms with E-state index in [9.17, 15) is 17.8 Å². The van der Waals surface area contributed by atoms with E-state index in [4.69, 9.17) is 5.11 Å². The SMILES string of the molecule is O=C(O)Cc1cccc2c1C(S(=O)(=O)O)c1ccccc1-2. The molecule has 6 heteroatoms. The third kappa shape index (κ3) is 2.22. The Kier molecular flexibility index (Phi) is 3.07. The number of carboxylic acid groups (broad SMARTS) is 1. The molecule has 0 spiro atoms. The minimum Gasteiger partial charge on any atom is -0.481 e. The second kappa shape index (κ2) is 4.68. The van der Waals surface area contributed by atoms with E-state index in [2.05, 4.69) is 0 Å². The van der Waals surface area contributed by atoms with E-state index in [1.165, 1.54) is 0 Å². The van der Waals surface area contributed by atoms with Gasteiger partial charge in [0.15, 0.2) is 0 Å². The maximum atomic E-state index is 11.8. The van der Waals surface area contributed by atoms with Crippen LogP contribution in [0.2, 0.25) is 0 Å². The first kappa shape index (κ1) is 13.8. The molecule has 0 fully saturated rings. The highest BCUT2D eigenvalue weighted by atomic mass is 32.2. The lowest BCUT2D eigenvalue weighted by molar-refractivity contribution is -0.136. The van der Waals surface area contributed by atoms with Crippen LogP contribution in [-0.2, 0) is 21.3 Å². The first-order valence-corrected chi connectivity index (χ1v) is 7.79. The number of fused-ring (bicyclic) bond motifs is 3. The van der Waals surface area contributed by atoms with Gasteiger partial charge in [0.2, 0.25) is 0 Å². The molecule has 21 heavy (non-hydrogen) atoms. The van der Waals surface area contributed by atoms with Crippen LogP contribution in [0.4, 0.5) is 0 Å². The number of benzene rings is 2. The van der Waals surface area contributed by atoms with Crippen molar-refractivity contribution in [1.29, 1.82) is 0 Å². The van der Waals surface area contributed by atoms with Gasteiger partial charge in [-0.15, -0.1) is 0 Å². The molecule has 0 aromatic heterocycles. The molecule has 0 amide bonds. The monoisotopic (exact) mass is 304 g/mol. The van der Waals surface area contributed by atoms with E-state index in [1.807, 2.05) is 0 Å². The Morgan fingerprint density at radius 1 is 1.05 bits per heavy atom. The summed E-state index contributed by atoms with van der Waals surface area (Å²) in [6.45, 7) is 0. The highest BCUT2D eigenvalue weighted by Crippen LogP contribution is 2.48. The Balaban J connectivity index is 2.33. The quantitative estimate of drug-likeness (QED) is 0.849. The van der Waals surface area contributed by atoms with Gasteiger partial charge in [-0.2, -0.15) is 8.42 Å².